The smallest absolute Gasteiger partial charge is 0.169 e. The fourth-order valence-electron chi connectivity index (χ4n) is 7.20. The van der Waals surface area contributed by atoms with Crippen molar-refractivity contribution in [1.29, 1.82) is 0 Å². The van der Waals surface area contributed by atoms with Gasteiger partial charge in [0.05, 0.1) is 0 Å². The Hall–Kier alpha value is -3.70. The summed E-state index contributed by atoms with van der Waals surface area (Å²) in [5.41, 5.74) is -17.5. The minimum atomic E-state index is -6.37. The molecule has 3 aliphatic rings. The molecule has 0 heterocycles. The number of halogens is 12. The molecule has 3 aromatic rings. The third-order valence-electron chi connectivity index (χ3n) is 9.07. The van der Waals surface area contributed by atoms with Crippen molar-refractivity contribution in [2.75, 3.05) is 0 Å². The van der Waals surface area contributed by atoms with Crippen molar-refractivity contribution in [3.05, 3.63) is 117 Å². The summed E-state index contributed by atoms with van der Waals surface area (Å²) in [6, 6.07) is 9.07. The van der Waals surface area contributed by atoms with Gasteiger partial charge in [-0.05, 0) is 63.4 Å². The van der Waals surface area contributed by atoms with Gasteiger partial charge in [0, 0.05) is 11.8 Å². The lowest BCUT2D eigenvalue weighted by molar-refractivity contribution is -0.307. The van der Waals surface area contributed by atoms with Crippen molar-refractivity contribution >= 4 is 12.2 Å². The van der Waals surface area contributed by atoms with E-state index >= 15 is 0 Å². The Morgan fingerprint density at radius 3 is 1.36 bits per heavy atom. The molecule has 2 unspecified atom stereocenters. The second kappa shape index (κ2) is 9.40. The predicted octanol–water partition coefficient (Wildman–Crippen LogP) is 10.5. The average Bonchev–Trinajstić information content (AvgIpc) is 3.49. The SMILES string of the molecule is FC(F)(F)C1(C(F)(F)F)c2ccccc2C(C(F)(F)F)(C(F)(F)F)c2cc3c(cc21)C=CC3CCC1C=Cc2ccccc21. The quantitative estimate of drug-likeness (QED) is 0.252. The molecule has 3 aromatic carbocycles. The summed E-state index contributed by atoms with van der Waals surface area (Å²) in [4.78, 5) is 0. The van der Waals surface area contributed by atoms with E-state index in [9.17, 15) is 52.7 Å². The second-order valence-corrected chi connectivity index (χ2v) is 11.2. The Balaban J connectivity index is 1.60. The molecule has 0 nitrogen and oxygen atoms in total. The fraction of sp³-hybridized carbons (Fsp3) is 0.312. The largest absolute Gasteiger partial charge is 0.411 e. The molecular weight excluding hydrogens is 612 g/mol. The first-order valence-electron chi connectivity index (χ1n) is 13.4. The molecule has 0 spiro atoms. The van der Waals surface area contributed by atoms with Gasteiger partial charge in [-0.25, -0.2) is 0 Å². The summed E-state index contributed by atoms with van der Waals surface area (Å²) in [6.45, 7) is 0. The van der Waals surface area contributed by atoms with Gasteiger partial charge in [-0.2, -0.15) is 52.7 Å². The van der Waals surface area contributed by atoms with Gasteiger partial charge in [0.25, 0.3) is 0 Å². The van der Waals surface area contributed by atoms with E-state index < -0.39 is 63.7 Å². The Kier molecular flexibility index (Phi) is 6.48. The van der Waals surface area contributed by atoms with Gasteiger partial charge in [0.15, 0.2) is 0 Å². The number of fused-ring (bicyclic) bond motifs is 4. The van der Waals surface area contributed by atoms with Crippen LogP contribution >= 0.6 is 0 Å². The van der Waals surface area contributed by atoms with E-state index in [1.807, 2.05) is 30.4 Å². The van der Waals surface area contributed by atoms with E-state index in [1.165, 1.54) is 6.08 Å². The highest BCUT2D eigenvalue weighted by Crippen LogP contribution is 2.69. The van der Waals surface area contributed by atoms with Crippen LogP contribution in [0.4, 0.5) is 52.7 Å². The molecule has 12 heteroatoms. The first kappa shape index (κ1) is 30.3. The van der Waals surface area contributed by atoms with Crippen LogP contribution in [0.15, 0.2) is 72.8 Å². The molecule has 0 bridgehead atoms. The van der Waals surface area contributed by atoms with Gasteiger partial charge < -0.3 is 0 Å². The standard InChI is InChI=1S/C32H20F12/c33-29(34,35)27(30(36,37)38)23-7-3-4-8-24(23)28(31(39,40)41,32(42,43)44)26-16-22-19(13-14-20(22)15-25(26)27)12-11-18-10-9-17-5-1-2-6-21(17)18/h1-10,13-16,18-19H,11-12H2. The summed E-state index contributed by atoms with van der Waals surface area (Å²) < 4.78 is 179. The zero-order valence-corrected chi connectivity index (χ0v) is 22.2. The van der Waals surface area contributed by atoms with Crippen molar-refractivity contribution in [3.8, 4) is 0 Å². The summed E-state index contributed by atoms with van der Waals surface area (Å²) >= 11 is 0. The van der Waals surface area contributed by atoms with Crippen molar-refractivity contribution in [1.82, 2.24) is 0 Å². The third kappa shape index (κ3) is 3.87. The van der Waals surface area contributed by atoms with Crippen molar-refractivity contribution < 1.29 is 52.7 Å². The van der Waals surface area contributed by atoms with E-state index in [0.29, 0.717) is 18.6 Å². The molecule has 0 radical (unpaired) electrons. The van der Waals surface area contributed by atoms with E-state index in [2.05, 4.69) is 0 Å². The van der Waals surface area contributed by atoms with Crippen LogP contribution in [0, 0.1) is 0 Å². The third-order valence-corrected chi connectivity index (χ3v) is 9.07. The molecule has 3 aliphatic carbocycles. The number of allylic oxidation sites excluding steroid dienone is 2. The Morgan fingerprint density at radius 1 is 0.455 bits per heavy atom. The van der Waals surface area contributed by atoms with Crippen LogP contribution in [0.3, 0.4) is 0 Å². The molecular formula is C32H20F12. The van der Waals surface area contributed by atoms with Crippen LogP contribution in [-0.4, -0.2) is 24.7 Å². The van der Waals surface area contributed by atoms with Gasteiger partial charge in [0.1, 0.15) is 0 Å². The zero-order valence-electron chi connectivity index (χ0n) is 22.2. The van der Waals surface area contributed by atoms with Gasteiger partial charge in [0.2, 0.25) is 10.8 Å². The van der Waals surface area contributed by atoms with E-state index in [-0.39, 0.29) is 47.7 Å². The molecule has 0 aromatic heterocycles. The highest BCUT2D eigenvalue weighted by molar-refractivity contribution is 5.72. The molecule has 44 heavy (non-hydrogen) atoms. The van der Waals surface area contributed by atoms with Crippen molar-refractivity contribution in [2.45, 2.75) is 60.2 Å². The predicted molar refractivity (Wildman–Crippen MR) is 138 cm³/mol. The molecule has 0 amide bonds. The molecule has 232 valence electrons. The minimum Gasteiger partial charge on any atom is -0.169 e. The number of hydrogen-bond acceptors (Lipinski definition) is 0. The lowest BCUT2D eigenvalue weighted by Crippen LogP contribution is -2.64. The van der Waals surface area contributed by atoms with Crippen LogP contribution in [0.2, 0.25) is 0 Å². The average molecular weight is 632 g/mol. The lowest BCUT2D eigenvalue weighted by Gasteiger charge is -2.51. The summed E-state index contributed by atoms with van der Waals surface area (Å²) in [5, 5.41) is 0. The monoisotopic (exact) mass is 632 g/mol. The molecule has 2 atom stereocenters. The first-order chi connectivity index (χ1) is 20.4. The van der Waals surface area contributed by atoms with Crippen LogP contribution in [-0.2, 0) is 10.8 Å². The molecule has 0 aliphatic heterocycles. The van der Waals surface area contributed by atoms with Crippen LogP contribution in [0.5, 0.6) is 0 Å². The van der Waals surface area contributed by atoms with E-state index in [0.717, 1.165) is 17.2 Å². The number of alkyl halides is 12. The number of benzene rings is 3. The Labute approximate surface area is 242 Å². The maximum atomic E-state index is 14.9. The van der Waals surface area contributed by atoms with Gasteiger partial charge >= 0.3 is 24.7 Å². The van der Waals surface area contributed by atoms with Crippen molar-refractivity contribution in [2.24, 2.45) is 0 Å². The molecule has 0 saturated heterocycles. The van der Waals surface area contributed by atoms with Crippen LogP contribution in [0.25, 0.3) is 12.2 Å². The topological polar surface area (TPSA) is 0 Å². The highest BCUT2D eigenvalue weighted by atomic mass is 19.4. The maximum Gasteiger partial charge on any atom is 0.411 e. The highest BCUT2D eigenvalue weighted by Gasteiger charge is 2.82. The first-order valence-corrected chi connectivity index (χ1v) is 13.4. The second-order valence-electron chi connectivity index (χ2n) is 11.2. The molecule has 0 saturated carbocycles. The van der Waals surface area contributed by atoms with Crippen molar-refractivity contribution in [3.63, 3.8) is 0 Å². The number of hydrogen-bond donors (Lipinski definition) is 0. The summed E-state index contributed by atoms with van der Waals surface area (Å²) in [7, 11) is 0. The molecule has 0 fully saturated rings. The van der Waals surface area contributed by atoms with Crippen LogP contribution in [0.1, 0.15) is 69.2 Å². The van der Waals surface area contributed by atoms with E-state index in [4.69, 9.17) is 0 Å². The van der Waals surface area contributed by atoms with Gasteiger partial charge in [-0.15, -0.1) is 0 Å². The van der Waals surface area contributed by atoms with E-state index in [1.54, 1.807) is 6.07 Å². The van der Waals surface area contributed by atoms with Crippen LogP contribution < -0.4 is 0 Å². The van der Waals surface area contributed by atoms with Gasteiger partial charge in [-0.1, -0.05) is 78.9 Å². The minimum absolute atomic E-state index is 0.0459. The Bertz CT molecular complexity index is 1650. The lowest BCUT2D eigenvalue weighted by atomic mass is 9.55. The zero-order chi connectivity index (χ0) is 32.1. The summed E-state index contributed by atoms with van der Waals surface area (Å²) in [6.07, 6.45) is -18.6. The molecule has 0 N–H and O–H groups in total. The fourth-order valence-corrected chi connectivity index (χ4v) is 7.20. The summed E-state index contributed by atoms with van der Waals surface area (Å²) in [5.74, 6) is -0.986. The maximum absolute atomic E-state index is 14.9. The van der Waals surface area contributed by atoms with Gasteiger partial charge in [-0.3, -0.25) is 0 Å². The number of rotatable bonds is 3. The normalized spacial score (nSPS) is 21.5. The molecule has 6 rings (SSSR count). The Morgan fingerprint density at radius 2 is 0.864 bits per heavy atom.